The fourth-order valence-corrected chi connectivity index (χ4v) is 3.13. The maximum absolute atomic E-state index is 13.2. The number of carbonyl (C=O) groups is 2. The van der Waals surface area contributed by atoms with E-state index in [4.69, 9.17) is 9.47 Å². The number of methoxy groups -OCH3 is 1. The Balaban J connectivity index is 2.15. The molecule has 0 fully saturated rings. The minimum absolute atomic E-state index is 0.0443. The van der Waals surface area contributed by atoms with Crippen molar-refractivity contribution < 1.29 is 31.9 Å². The Morgan fingerprint density at radius 3 is 2.46 bits per heavy atom. The quantitative estimate of drug-likeness (QED) is 0.675. The first-order valence-electron chi connectivity index (χ1n) is 8.07. The molecule has 0 radical (unpaired) electrons. The summed E-state index contributed by atoms with van der Waals surface area (Å²) in [5.74, 6) is -2.06. The van der Waals surface area contributed by atoms with Crippen LogP contribution in [0.2, 0.25) is 0 Å². The highest BCUT2D eigenvalue weighted by Crippen LogP contribution is 2.25. The maximum Gasteiger partial charge on any atom is 0.338 e. The van der Waals surface area contributed by atoms with Crippen LogP contribution in [-0.4, -0.2) is 40.6 Å². The van der Waals surface area contributed by atoms with Crippen molar-refractivity contribution in [3.05, 3.63) is 53.8 Å². The van der Waals surface area contributed by atoms with Gasteiger partial charge in [0.25, 0.3) is 5.91 Å². The van der Waals surface area contributed by atoms with Gasteiger partial charge in [0, 0.05) is 5.69 Å². The van der Waals surface area contributed by atoms with Crippen LogP contribution in [0.15, 0.2) is 47.4 Å². The molecule has 2 aromatic carbocycles. The summed E-state index contributed by atoms with van der Waals surface area (Å²) in [5.41, 5.74) is 0.125. The zero-order chi connectivity index (χ0) is 20.9. The van der Waals surface area contributed by atoms with Crippen molar-refractivity contribution in [2.75, 3.05) is 19.5 Å². The molecule has 0 aromatic heterocycles. The number of hydrogen-bond acceptors (Lipinski definition) is 6. The first kappa shape index (κ1) is 21.3. The Kier molecular flexibility index (Phi) is 6.71. The molecule has 0 aliphatic rings. The van der Waals surface area contributed by atoms with Crippen molar-refractivity contribution in [3.63, 3.8) is 0 Å². The first-order chi connectivity index (χ1) is 13.2. The van der Waals surface area contributed by atoms with Crippen LogP contribution in [0, 0.1) is 5.82 Å². The van der Waals surface area contributed by atoms with E-state index >= 15 is 0 Å². The molecule has 10 heteroatoms. The van der Waals surface area contributed by atoms with Crippen molar-refractivity contribution in [2.24, 2.45) is 0 Å². The number of halogens is 1. The molecule has 0 heterocycles. The lowest BCUT2D eigenvalue weighted by molar-refractivity contribution is -0.123. The molecule has 28 heavy (non-hydrogen) atoms. The molecule has 1 amide bonds. The summed E-state index contributed by atoms with van der Waals surface area (Å²) in [4.78, 5) is 24.2. The SMILES string of the molecule is CNS(=O)(=O)c1cc(C(=O)O[C@@H](C)C(=O)Nc2cccc(F)c2)ccc1OC. The Labute approximate surface area is 161 Å². The van der Waals surface area contributed by atoms with Crippen LogP contribution in [0.4, 0.5) is 10.1 Å². The van der Waals surface area contributed by atoms with Crippen LogP contribution in [0.5, 0.6) is 5.75 Å². The fourth-order valence-electron chi connectivity index (χ4n) is 2.22. The summed E-state index contributed by atoms with van der Waals surface area (Å²) in [5, 5.41) is 2.42. The van der Waals surface area contributed by atoms with Crippen molar-refractivity contribution in [1.82, 2.24) is 4.72 Å². The van der Waals surface area contributed by atoms with Crippen molar-refractivity contribution in [1.29, 1.82) is 0 Å². The number of sulfonamides is 1. The molecule has 2 rings (SSSR count). The molecular formula is C18H19FN2O6S. The second-order valence-corrected chi connectivity index (χ2v) is 7.48. The molecule has 150 valence electrons. The highest BCUT2D eigenvalue weighted by Gasteiger charge is 2.23. The second-order valence-electron chi connectivity index (χ2n) is 5.62. The summed E-state index contributed by atoms with van der Waals surface area (Å²) in [7, 11) is -1.37. The van der Waals surface area contributed by atoms with Gasteiger partial charge in [-0.1, -0.05) is 6.07 Å². The number of carbonyl (C=O) groups excluding carboxylic acids is 2. The molecule has 2 aromatic rings. The molecular weight excluding hydrogens is 391 g/mol. The average Bonchev–Trinajstić information content (AvgIpc) is 2.67. The topological polar surface area (TPSA) is 111 Å². The van der Waals surface area contributed by atoms with Gasteiger partial charge in [-0.3, -0.25) is 4.79 Å². The summed E-state index contributed by atoms with van der Waals surface area (Å²) in [6.07, 6.45) is -1.21. The third-order valence-electron chi connectivity index (χ3n) is 3.70. The van der Waals surface area contributed by atoms with E-state index in [9.17, 15) is 22.4 Å². The highest BCUT2D eigenvalue weighted by molar-refractivity contribution is 7.89. The van der Waals surface area contributed by atoms with Gasteiger partial charge >= 0.3 is 5.97 Å². The van der Waals surface area contributed by atoms with Crippen molar-refractivity contribution in [3.8, 4) is 5.75 Å². The van der Waals surface area contributed by atoms with E-state index in [1.165, 1.54) is 51.4 Å². The Bertz CT molecular complexity index is 993. The molecule has 0 unspecified atom stereocenters. The van der Waals surface area contributed by atoms with Crippen LogP contribution in [-0.2, 0) is 19.6 Å². The number of esters is 1. The van der Waals surface area contributed by atoms with Crippen LogP contribution >= 0.6 is 0 Å². The summed E-state index contributed by atoms with van der Waals surface area (Å²) < 4.78 is 49.5. The predicted molar refractivity (Wildman–Crippen MR) is 99.1 cm³/mol. The van der Waals surface area contributed by atoms with Gasteiger partial charge in [0.1, 0.15) is 16.5 Å². The smallest absolute Gasteiger partial charge is 0.338 e. The van der Waals surface area contributed by atoms with Gasteiger partial charge in [0.05, 0.1) is 12.7 Å². The van der Waals surface area contributed by atoms with Crippen LogP contribution < -0.4 is 14.8 Å². The minimum Gasteiger partial charge on any atom is -0.495 e. The zero-order valence-electron chi connectivity index (χ0n) is 15.4. The Morgan fingerprint density at radius 2 is 1.86 bits per heavy atom. The highest BCUT2D eigenvalue weighted by atomic mass is 32.2. The Hall–Kier alpha value is -2.98. The number of anilines is 1. The normalized spacial score (nSPS) is 12.1. The first-order valence-corrected chi connectivity index (χ1v) is 9.55. The van der Waals surface area contributed by atoms with Crippen LogP contribution in [0.3, 0.4) is 0 Å². The monoisotopic (exact) mass is 410 g/mol. The van der Waals surface area contributed by atoms with Crippen LogP contribution in [0.1, 0.15) is 17.3 Å². The van der Waals surface area contributed by atoms with Gasteiger partial charge < -0.3 is 14.8 Å². The largest absolute Gasteiger partial charge is 0.495 e. The number of ether oxygens (including phenoxy) is 2. The molecule has 0 aliphatic heterocycles. The molecule has 0 saturated heterocycles. The standard InChI is InChI=1S/C18H19FN2O6S/c1-11(17(22)21-14-6-4-5-13(19)10-14)27-18(23)12-7-8-15(26-3)16(9-12)28(24,25)20-2/h4-11,20H,1-3H3,(H,21,22)/t11-/m0/s1. The lowest BCUT2D eigenvalue weighted by Crippen LogP contribution is -2.30. The van der Waals surface area contributed by atoms with Crippen LogP contribution in [0.25, 0.3) is 0 Å². The van der Waals surface area contributed by atoms with Gasteiger partial charge in [0.15, 0.2) is 6.10 Å². The van der Waals surface area contributed by atoms with Gasteiger partial charge in [-0.25, -0.2) is 22.3 Å². The molecule has 0 spiro atoms. The number of amides is 1. The molecule has 0 saturated carbocycles. The Morgan fingerprint density at radius 1 is 1.14 bits per heavy atom. The van der Waals surface area contributed by atoms with E-state index in [1.54, 1.807) is 0 Å². The lowest BCUT2D eigenvalue weighted by atomic mass is 10.2. The van der Waals surface area contributed by atoms with E-state index in [0.717, 1.165) is 12.1 Å². The van der Waals surface area contributed by atoms with E-state index in [2.05, 4.69) is 10.0 Å². The van der Waals surface area contributed by atoms with E-state index in [-0.39, 0.29) is 21.9 Å². The lowest BCUT2D eigenvalue weighted by Gasteiger charge is -2.15. The number of benzene rings is 2. The van der Waals surface area contributed by atoms with Gasteiger partial charge in [-0.15, -0.1) is 0 Å². The molecule has 8 nitrogen and oxygen atoms in total. The van der Waals surface area contributed by atoms with Gasteiger partial charge in [0.2, 0.25) is 10.0 Å². The average molecular weight is 410 g/mol. The van der Waals surface area contributed by atoms with Gasteiger partial charge in [-0.2, -0.15) is 0 Å². The number of rotatable bonds is 7. The summed E-state index contributed by atoms with van der Waals surface area (Å²) in [6, 6.07) is 8.94. The van der Waals surface area contributed by atoms with E-state index < -0.39 is 33.8 Å². The fraction of sp³-hybridized carbons (Fsp3) is 0.222. The molecule has 0 aliphatic carbocycles. The second kappa shape index (κ2) is 8.81. The van der Waals surface area contributed by atoms with Crippen molar-refractivity contribution in [2.45, 2.75) is 17.9 Å². The summed E-state index contributed by atoms with van der Waals surface area (Å²) >= 11 is 0. The molecule has 1 atom stereocenters. The summed E-state index contributed by atoms with van der Waals surface area (Å²) in [6.45, 7) is 1.33. The number of hydrogen-bond donors (Lipinski definition) is 2. The number of nitrogens with one attached hydrogen (secondary N) is 2. The third-order valence-corrected chi connectivity index (χ3v) is 5.14. The maximum atomic E-state index is 13.2. The third kappa shape index (κ3) is 5.05. The zero-order valence-corrected chi connectivity index (χ0v) is 16.2. The van der Waals surface area contributed by atoms with E-state index in [0.29, 0.717) is 0 Å². The minimum atomic E-state index is -3.88. The van der Waals surface area contributed by atoms with Gasteiger partial charge in [-0.05, 0) is 50.4 Å². The van der Waals surface area contributed by atoms with Crippen molar-refractivity contribution >= 4 is 27.6 Å². The predicted octanol–water partition coefficient (Wildman–Crippen LogP) is 1.93. The van der Waals surface area contributed by atoms with E-state index in [1.807, 2.05) is 0 Å². The molecule has 2 N–H and O–H groups in total. The molecule has 0 bridgehead atoms.